The number of nitrogens with zero attached hydrogens (tertiary/aromatic N) is 1. The van der Waals surface area contributed by atoms with Crippen molar-refractivity contribution in [2.75, 3.05) is 5.75 Å². The number of carbonyl (C=O) groups is 2. The highest BCUT2D eigenvalue weighted by atomic mass is 79.9. The van der Waals surface area contributed by atoms with Crippen LogP contribution in [0.3, 0.4) is 0 Å². The SMILES string of the molecule is Cc1cccc(CSCC(=O)N(Cc2ccc(Br)cc2)C(C)C(=O)NC(C)C)c1. The third-order valence-electron chi connectivity index (χ3n) is 4.44. The molecule has 2 aromatic carbocycles. The molecule has 156 valence electrons. The second kappa shape index (κ2) is 11.4. The Morgan fingerprint density at radius 1 is 1.07 bits per heavy atom. The molecule has 0 saturated carbocycles. The Bertz CT molecular complexity index is 824. The molecule has 1 N–H and O–H groups in total. The van der Waals surface area contributed by atoms with Crippen LogP contribution in [0.25, 0.3) is 0 Å². The van der Waals surface area contributed by atoms with Crippen molar-refractivity contribution >= 4 is 39.5 Å². The van der Waals surface area contributed by atoms with Crippen LogP contribution in [0.1, 0.15) is 37.5 Å². The number of carbonyl (C=O) groups excluding carboxylic acids is 2. The molecule has 0 aliphatic carbocycles. The molecule has 1 atom stereocenters. The maximum Gasteiger partial charge on any atom is 0.242 e. The van der Waals surface area contributed by atoms with E-state index in [9.17, 15) is 9.59 Å². The van der Waals surface area contributed by atoms with Crippen LogP contribution < -0.4 is 5.32 Å². The van der Waals surface area contributed by atoms with Crippen molar-refractivity contribution in [1.82, 2.24) is 10.2 Å². The first-order chi connectivity index (χ1) is 13.8. The molecular formula is C23H29BrN2O2S. The van der Waals surface area contributed by atoms with Crippen LogP contribution in [-0.2, 0) is 21.9 Å². The predicted octanol–water partition coefficient (Wildman–Crippen LogP) is 4.93. The van der Waals surface area contributed by atoms with E-state index in [2.05, 4.69) is 46.4 Å². The fourth-order valence-corrected chi connectivity index (χ4v) is 4.04. The number of nitrogens with one attached hydrogen (secondary N) is 1. The summed E-state index contributed by atoms with van der Waals surface area (Å²) in [6.45, 7) is 8.10. The zero-order valence-electron chi connectivity index (χ0n) is 17.4. The van der Waals surface area contributed by atoms with Crippen molar-refractivity contribution in [2.24, 2.45) is 0 Å². The molecular weight excluding hydrogens is 448 g/mol. The van der Waals surface area contributed by atoms with E-state index in [1.165, 1.54) is 11.1 Å². The van der Waals surface area contributed by atoms with Gasteiger partial charge in [-0.25, -0.2) is 0 Å². The van der Waals surface area contributed by atoms with Gasteiger partial charge in [-0.1, -0.05) is 57.9 Å². The summed E-state index contributed by atoms with van der Waals surface area (Å²) in [5.74, 6) is 0.946. The summed E-state index contributed by atoms with van der Waals surface area (Å²) < 4.78 is 0.985. The molecule has 0 heterocycles. The van der Waals surface area contributed by atoms with E-state index in [0.29, 0.717) is 12.3 Å². The lowest BCUT2D eigenvalue weighted by Crippen LogP contribution is -2.49. The Kier molecular flexibility index (Phi) is 9.24. The summed E-state index contributed by atoms with van der Waals surface area (Å²) in [7, 11) is 0. The topological polar surface area (TPSA) is 49.4 Å². The van der Waals surface area contributed by atoms with Crippen LogP contribution in [0.15, 0.2) is 53.0 Å². The van der Waals surface area contributed by atoms with E-state index in [-0.39, 0.29) is 17.9 Å². The van der Waals surface area contributed by atoms with Gasteiger partial charge in [-0.15, -0.1) is 11.8 Å². The van der Waals surface area contributed by atoms with Gasteiger partial charge in [-0.3, -0.25) is 9.59 Å². The second-order valence-electron chi connectivity index (χ2n) is 7.47. The van der Waals surface area contributed by atoms with Crippen LogP contribution in [0.4, 0.5) is 0 Å². The first-order valence-corrected chi connectivity index (χ1v) is 11.7. The van der Waals surface area contributed by atoms with Gasteiger partial charge in [-0.05, 0) is 51.0 Å². The Morgan fingerprint density at radius 2 is 1.76 bits per heavy atom. The van der Waals surface area contributed by atoms with Crippen LogP contribution >= 0.6 is 27.7 Å². The van der Waals surface area contributed by atoms with Crippen molar-refractivity contribution in [3.63, 3.8) is 0 Å². The minimum Gasteiger partial charge on any atom is -0.352 e. The smallest absolute Gasteiger partial charge is 0.242 e. The molecule has 2 amide bonds. The minimum atomic E-state index is -0.534. The van der Waals surface area contributed by atoms with Gasteiger partial charge in [0.2, 0.25) is 11.8 Å². The minimum absolute atomic E-state index is 0.0306. The van der Waals surface area contributed by atoms with E-state index in [1.54, 1.807) is 23.6 Å². The molecule has 2 aromatic rings. The van der Waals surface area contributed by atoms with Gasteiger partial charge in [-0.2, -0.15) is 0 Å². The zero-order chi connectivity index (χ0) is 21.4. The van der Waals surface area contributed by atoms with E-state index in [0.717, 1.165) is 15.8 Å². The van der Waals surface area contributed by atoms with Crippen LogP contribution in [0.5, 0.6) is 0 Å². The van der Waals surface area contributed by atoms with Gasteiger partial charge >= 0.3 is 0 Å². The van der Waals surface area contributed by atoms with Crippen molar-refractivity contribution in [2.45, 2.75) is 52.1 Å². The van der Waals surface area contributed by atoms with Gasteiger partial charge in [0.25, 0.3) is 0 Å². The number of hydrogen-bond acceptors (Lipinski definition) is 3. The van der Waals surface area contributed by atoms with Gasteiger partial charge in [0.15, 0.2) is 0 Å². The fraction of sp³-hybridized carbons (Fsp3) is 0.391. The first-order valence-electron chi connectivity index (χ1n) is 9.74. The normalized spacial score (nSPS) is 11.9. The zero-order valence-corrected chi connectivity index (χ0v) is 19.8. The maximum atomic E-state index is 13.0. The molecule has 1 unspecified atom stereocenters. The largest absolute Gasteiger partial charge is 0.352 e. The van der Waals surface area contributed by atoms with Crippen molar-refractivity contribution < 1.29 is 9.59 Å². The number of benzene rings is 2. The molecule has 0 saturated heterocycles. The fourth-order valence-electron chi connectivity index (χ4n) is 2.92. The molecule has 29 heavy (non-hydrogen) atoms. The maximum absolute atomic E-state index is 13.0. The number of rotatable bonds is 9. The van der Waals surface area contributed by atoms with Crippen molar-refractivity contribution in [3.05, 3.63) is 69.7 Å². The van der Waals surface area contributed by atoms with Crippen LogP contribution in [0, 0.1) is 6.92 Å². The van der Waals surface area contributed by atoms with E-state index in [4.69, 9.17) is 0 Å². The summed E-state index contributed by atoms with van der Waals surface area (Å²) in [5, 5.41) is 2.91. The molecule has 0 fully saturated rings. The van der Waals surface area contributed by atoms with Crippen molar-refractivity contribution in [1.29, 1.82) is 0 Å². The lowest BCUT2D eigenvalue weighted by molar-refractivity contribution is -0.138. The molecule has 4 nitrogen and oxygen atoms in total. The molecule has 2 rings (SSSR count). The molecule has 0 aliphatic heterocycles. The van der Waals surface area contributed by atoms with Gasteiger partial charge in [0.1, 0.15) is 6.04 Å². The quantitative estimate of drug-likeness (QED) is 0.557. The van der Waals surface area contributed by atoms with Crippen LogP contribution in [0.2, 0.25) is 0 Å². The highest BCUT2D eigenvalue weighted by Gasteiger charge is 2.26. The molecule has 0 spiro atoms. The number of amides is 2. The van der Waals surface area contributed by atoms with E-state index in [1.807, 2.05) is 44.2 Å². The summed E-state index contributed by atoms with van der Waals surface area (Å²) in [6, 6.07) is 15.6. The van der Waals surface area contributed by atoms with Gasteiger partial charge < -0.3 is 10.2 Å². The number of thioether (sulfide) groups is 1. The summed E-state index contributed by atoms with van der Waals surface area (Å²) in [5.41, 5.74) is 3.41. The second-order valence-corrected chi connectivity index (χ2v) is 9.37. The molecule has 0 bridgehead atoms. The lowest BCUT2D eigenvalue weighted by Gasteiger charge is -2.29. The average molecular weight is 477 g/mol. The summed E-state index contributed by atoms with van der Waals surface area (Å²) in [6.07, 6.45) is 0. The molecule has 6 heteroatoms. The third-order valence-corrected chi connectivity index (χ3v) is 5.96. The monoisotopic (exact) mass is 476 g/mol. The lowest BCUT2D eigenvalue weighted by atomic mass is 10.1. The Balaban J connectivity index is 2.06. The van der Waals surface area contributed by atoms with E-state index >= 15 is 0 Å². The third kappa shape index (κ3) is 7.86. The van der Waals surface area contributed by atoms with Crippen molar-refractivity contribution in [3.8, 4) is 0 Å². The standard InChI is InChI=1S/C23H29BrN2O2S/c1-16(2)25-23(28)18(4)26(13-19-8-10-21(24)11-9-19)22(27)15-29-14-20-7-5-6-17(3)12-20/h5-12,16,18H,13-15H2,1-4H3,(H,25,28). The Hall–Kier alpha value is -1.79. The Morgan fingerprint density at radius 3 is 2.38 bits per heavy atom. The Labute approximate surface area is 186 Å². The highest BCUT2D eigenvalue weighted by Crippen LogP contribution is 2.18. The molecule has 0 aliphatic rings. The van der Waals surface area contributed by atoms with Crippen LogP contribution in [-0.4, -0.2) is 34.6 Å². The average Bonchev–Trinajstić information content (AvgIpc) is 2.66. The number of halogens is 1. The van der Waals surface area contributed by atoms with E-state index < -0.39 is 6.04 Å². The molecule has 0 radical (unpaired) electrons. The summed E-state index contributed by atoms with van der Waals surface area (Å²) >= 11 is 5.01. The molecule has 0 aromatic heterocycles. The van der Waals surface area contributed by atoms with Gasteiger partial charge in [0, 0.05) is 22.8 Å². The number of hydrogen-bond donors (Lipinski definition) is 1. The summed E-state index contributed by atoms with van der Waals surface area (Å²) in [4.78, 5) is 27.2. The predicted molar refractivity (Wildman–Crippen MR) is 125 cm³/mol. The highest BCUT2D eigenvalue weighted by molar-refractivity contribution is 9.10. The number of aryl methyl sites for hydroxylation is 1. The van der Waals surface area contributed by atoms with Gasteiger partial charge in [0.05, 0.1) is 5.75 Å². The first kappa shape index (κ1) is 23.5.